The van der Waals surface area contributed by atoms with Crippen LogP contribution in [0.4, 0.5) is 5.82 Å². The maximum atomic E-state index is 12.9. The Morgan fingerprint density at radius 3 is 2.55 bits per heavy atom. The number of amides is 1. The number of piperidine rings is 1. The average molecular weight is 593 g/mol. The molecule has 2 aromatic rings. The molecule has 10 nitrogen and oxygen atoms in total. The molecule has 1 aliphatic rings. The maximum absolute atomic E-state index is 12.9. The molecule has 0 unspecified atom stereocenters. The Morgan fingerprint density at radius 2 is 1.92 bits per heavy atom. The van der Waals surface area contributed by atoms with Crippen LogP contribution in [-0.4, -0.2) is 80.9 Å². The molecule has 1 saturated heterocycles. The number of hydrogen-bond acceptors (Lipinski definition) is 9. The zero-order chi connectivity index (χ0) is 26.1. The largest absolute Gasteiger partial charge is 0.480 e. The van der Waals surface area contributed by atoms with Gasteiger partial charge in [-0.15, -0.1) is 24.8 Å². The SMILES string of the molecule is CCOC(=O)c1ccc(CNCCN2CC[C@@H](NC(=O)c3cc(Cl)c(N)nc3OC)[C@@H](OC)C2)cc1.Cl.Cl. The summed E-state index contributed by atoms with van der Waals surface area (Å²) in [6.45, 7) is 5.99. The van der Waals surface area contributed by atoms with Gasteiger partial charge in [0.15, 0.2) is 0 Å². The molecule has 2 atom stereocenters. The highest BCUT2D eigenvalue weighted by molar-refractivity contribution is 6.33. The smallest absolute Gasteiger partial charge is 0.338 e. The van der Waals surface area contributed by atoms with Gasteiger partial charge in [0, 0.05) is 39.8 Å². The van der Waals surface area contributed by atoms with E-state index in [1.807, 2.05) is 12.1 Å². The number of benzene rings is 1. The van der Waals surface area contributed by atoms with Crippen LogP contribution in [0.25, 0.3) is 0 Å². The molecule has 0 spiro atoms. The van der Waals surface area contributed by atoms with Gasteiger partial charge in [-0.3, -0.25) is 9.69 Å². The summed E-state index contributed by atoms with van der Waals surface area (Å²) in [4.78, 5) is 31.0. The third kappa shape index (κ3) is 9.14. The van der Waals surface area contributed by atoms with E-state index in [0.29, 0.717) is 25.3 Å². The van der Waals surface area contributed by atoms with E-state index in [9.17, 15) is 9.59 Å². The second-order valence-electron chi connectivity index (χ2n) is 8.45. The van der Waals surface area contributed by atoms with Crippen LogP contribution in [0.2, 0.25) is 5.02 Å². The Bertz CT molecular complexity index is 1040. The maximum Gasteiger partial charge on any atom is 0.338 e. The molecule has 1 amide bonds. The third-order valence-electron chi connectivity index (χ3n) is 6.07. The van der Waals surface area contributed by atoms with Crippen molar-refractivity contribution in [3.63, 3.8) is 0 Å². The fraction of sp³-hybridized carbons (Fsp3) is 0.480. The number of methoxy groups -OCH3 is 2. The number of hydrogen-bond donors (Lipinski definition) is 3. The van der Waals surface area contributed by atoms with Gasteiger partial charge < -0.3 is 30.6 Å². The van der Waals surface area contributed by atoms with Crippen LogP contribution in [0.3, 0.4) is 0 Å². The lowest BCUT2D eigenvalue weighted by molar-refractivity contribution is 0.00676. The molecule has 1 aromatic carbocycles. The molecule has 2 heterocycles. The minimum Gasteiger partial charge on any atom is -0.480 e. The Hall–Kier alpha value is -2.34. The molecule has 0 bridgehead atoms. The summed E-state index contributed by atoms with van der Waals surface area (Å²) in [5.41, 5.74) is 7.59. The normalized spacial score (nSPS) is 17.1. The molecule has 1 fully saturated rings. The number of anilines is 1. The van der Waals surface area contributed by atoms with Gasteiger partial charge in [0.2, 0.25) is 5.88 Å². The number of ether oxygens (including phenoxy) is 3. The summed E-state index contributed by atoms with van der Waals surface area (Å²) in [6.07, 6.45) is 0.569. The second-order valence-corrected chi connectivity index (χ2v) is 8.86. The molecule has 0 aliphatic carbocycles. The van der Waals surface area contributed by atoms with Crippen molar-refractivity contribution in [2.24, 2.45) is 0 Å². The van der Waals surface area contributed by atoms with Crippen LogP contribution in [0.15, 0.2) is 30.3 Å². The number of carbonyl (C=O) groups excluding carboxylic acids is 2. The molecule has 1 aliphatic heterocycles. The van der Waals surface area contributed by atoms with E-state index < -0.39 is 0 Å². The number of nitrogens with one attached hydrogen (secondary N) is 2. The van der Waals surface area contributed by atoms with Crippen molar-refractivity contribution in [2.75, 3.05) is 52.7 Å². The summed E-state index contributed by atoms with van der Waals surface area (Å²) in [5.74, 6) is -0.410. The first-order valence-corrected chi connectivity index (χ1v) is 12.3. The van der Waals surface area contributed by atoms with Crippen LogP contribution in [0.5, 0.6) is 5.88 Å². The van der Waals surface area contributed by atoms with Crippen molar-refractivity contribution in [3.05, 3.63) is 52.0 Å². The van der Waals surface area contributed by atoms with Crippen molar-refractivity contribution in [2.45, 2.75) is 32.0 Å². The van der Waals surface area contributed by atoms with Gasteiger partial charge in [-0.2, -0.15) is 4.98 Å². The molecule has 4 N–H and O–H groups in total. The first-order chi connectivity index (χ1) is 17.4. The number of aromatic nitrogens is 1. The zero-order valence-electron chi connectivity index (χ0n) is 21.7. The number of esters is 1. The van der Waals surface area contributed by atoms with E-state index in [4.69, 9.17) is 31.5 Å². The highest BCUT2D eigenvalue weighted by Crippen LogP contribution is 2.25. The molecule has 3 rings (SSSR count). The molecular weight excluding hydrogens is 557 g/mol. The number of nitrogen functional groups attached to an aromatic ring is 1. The molecular formula is C25H36Cl3N5O5. The molecule has 0 radical (unpaired) electrons. The summed E-state index contributed by atoms with van der Waals surface area (Å²) in [5, 5.41) is 6.66. The summed E-state index contributed by atoms with van der Waals surface area (Å²) in [6, 6.07) is 8.71. The lowest BCUT2D eigenvalue weighted by Crippen LogP contribution is -2.55. The van der Waals surface area contributed by atoms with Gasteiger partial charge in [-0.1, -0.05) is 23.7 Å². The number of rotatable bonds is 11. The molecule has 212 valence electrons. The minimum absolute atomic E-state index is 0. The first kappa shape index (κ1) is 33.7. The fourth-order valence-electron chi connectivity index (χ4n) is 4.08. The van der Waals surface area contributed by atoms with Crippen molar-refractivity contribution >= 4 is 54.1 Å². The first-order valence-electron chi connectivity index (χ1n) is 11.9. The van der Waals surface area contributed by atoms with E-state index in [1.54, 1.807) is 26.2 Å². The van der Waals surface area contributed by atoms with E-state index in [2.05, 4.69) is 20.5 Å². The molecule has 38 heavy (non-hydrogen) atoms. The van der Waals surface area contributed by atoms with Crippen LogP contribution >= 0.6 is 36.4 Å². The van der Waals surface area contributed by atoms with E-state index in [0.717, 1.165) is 31.6 Å². The van der Waals surface area contributed by atoms with E-state index >= 15 is 0 Å². The lowest BCUT2D eigenvalue weighted by Gasteiger charge is -2.38. The van der Waals surface area contributed by atoms with Crippen molar-refractivity contribution in [3.8, 4) is 5.88 Å². The number of carbonyl (C=O) groups is 2. The fourth-order valence-corrected chi connectivity index (χ4v) is 4.23. The Morgan fingerprint density at radius 1 is 1.21 bits per heavy atom. The lowest BCUT2D eigenvalue weighted by atomic mass is 10.0. The van der Waals surface area contributed by atoms with Crippen LogP contribution in [-0.2, 0) is 16.0 Å². The second kappa shape index (κ2) is 16.6. The quantitative estimate of drug-likeness (QED) is 0.266. The molecule has 0 saturated carbocycles. The van der Waals surface area contributed by atoms with Gasteiger partial charge in [0.25, 0.3) is 5.91 Å². The summed E-state index contributed by atoms with van der Waals surface area (Å²) < 4.78 is 15.9. The number of halogens is 3. The highest BCUT2D eigenvalue weighted by Gasteiger charge is 2.31. The van der Waals surface area contributed by atoms with Gasteiger partial charge in [0.1, 0.15) is 11.4 Å². The van der Waals surface area contributed by atoms with Gasteiger partial charge >= 0.3 is 5.97 Å². The monoisotopic (exact) mass is 591 g/mol. The summed E-state index contributed by atoms with van der Waals surface area (Å²) in [7, 11) is 3.07. The van der Waals surface area contributed by atoms with Crippen molar-refractivity contribution < 1.29 is 23.8 Å². The Kier molecular flexibility index (Phi) is 14.7. The minimum atomic E-state index is -0.336. The topological polar surface area (TPSA) is 128 Å². The van der Waals surface area contributed by atoms with E-state index in [-0.39, 0.29) is 71.1 Å². The van der Waals surface area contributed by atoms with Crippen LogP contribution in [0.1, 0.15) is 39.6 Å². The number of nitrogens with zero attached hydrogens (tertiary/aromatic N) is 2. The standard InChI is InChI=1S/C25H34ClN5O5.2ClH/c1-4-36-25(33)17-7-5-16(6-8-17)14-28-10-12-31-11-9-20(21(15-31)34-2)29-23(32)18-13-19(26)22(27)30-24(18)35-3;;/h5-8,13,20-21,28H,4,9-12,14-15H2,1-3H3,(H2,27,30)(H,29,32);2*1H/t20-,21+;;/m1../s1. The van der Waals surface area contributed by atoms with Crippen molar-refractivity contribution in [1.29, 1.82) is 0 Å². The average Bonchev–Trinajstić information content (AvgIpc) is 2.89. The van der Waals surface area contributed by atoms with Gasteiger partial charge in [0.05, 0.1) is 36.4 Å². The number of pyridine rings is 1. The predicted molar refractivity (Wildman–Crippen MR) is 152 cm³/mol. The Labute approximate surface area is 240 Å². The van der Waals surface area contributed by atoms with Crippen LogP contribution < -0.4 is 21.1 Å². The number of likely N-dealkylation sites (tertiary alicyclic amines) is 1. The van der Waals surface area contributed by atoms with Crippen LogP contribution in [0, 0.1) is 0 Å². The summed E-state index contributed by atoms with van der Waals surface area (Å²) >= 11 is 6.06. The predicted octanol–water partition coefficient (Wildman–Crippen LogP) is 2.96. The number of nitrogens with two attached hydrogens (primary N) is 1. The zero-order valence-corrected chi connectivity index (χ0v) is 24.1. The molecule has 1 aromatic heterocycles. The van der Waals surface area contributed by atoms with Gasteiger partial charge in [-0.25, -0.2) is 4.79 Å². The Balaban J connectivity index is 0.00000361. The van der Waals surface area contributed by atoms with Crippen molar-refractivity contribution in [1.82, 2.24) is 20.5 Å². The molecule has 13 heteroatoms. The highest BCUT2D eigenvalue weighted by atomic mass is 35.5. The van der Waals surface area contributed by atoms with Gasteiger partial charge in [-0.05, 0) is 37.1 Å². The van der Waals surface area contributed by atoms with E-state index in [1.165, 1.54) is 13.2 Å². The third-order valence-corrected chi connectivity index (χ3v) is 6.37.